The Labute approximate surface area is 117 Å². The van der Waals surface area contributed by atoms with Crippen LogP contribution in [0.1, 0.15) is 30.0 Å². The van der Waals surface area contributed by atoms with Gasteiger partial charge in [0.15, 0.2) is 0 Å². The van der Waals surface area contributed by atoms with Crippen molar-refractivity contribution >= 4 is 28.6 Å². The van der Waals surface area contributed by atoms with Crippen LogP contribution >= 0.6 is 22.6 Å². The first kappa shape index (κ1) is 14.8. The third-order valence-corrected chi connectivity index (χ3v) is 3.27. The summed E-state index contributed by atoms with van der Waals surface area (Å²) >= 11 is 1.91. The summed E-state index contributed by atoms with van der Waals surface area (Å²) in [5.74, 6) is -0.529. The quantitative estimate of drug-likeness (QED) is 0.608. The number of ether oxygens (including phenoxy) is 1. The zero-order valence-corrected chi connectivity index (χ0v) is 11.7. The molecule has 0 unspecified atom stereocenters. The highest BCUT2D eigenvalue weighted by Gasteiger charge is 2.20. The lowest BCUT2D eigenvalue weighted by Gasteiger charge is -2.10. The van der Waals surface area contributed by atoms with E-state index in [1.54, 1.807) is 13.0 Å². The van der Waals surface area contributed by atoms with Crippen molar-refractivity contribution in [2.45, 2.75) is 19.8 Å². The van der Waals surface area contributed by atoms with Crippen LogP contribution in [0.5, 0.6) is 0 Å². The minimum absolute atomic E-state index is 0.134. The van der Waals surface area contributed by atoms with Crippen molar-refractivity contribution in [3.05, 3.63) is 32.4 Å². The fraction of sp³-hybridized carbons (Fsp3) is 0.333. The molecule has 1 rings (SSSR count). The van der Waals surface area contributed by atoms with Crippen LogP contribution in [0.4, 0.5) is 8.78 Å². The molecule has 0 fully saturated rings. The van der Waals surface area contributed by atoms with E-state index in [2.05, 4.69) is 0 Å². The number of nitriles is 1. The molecule has 0 N–H and O–H groups in total. The summed E-state index contributed by atoms with van der Waals surface area (Å²) in [4.78, 5) is 11.4. The number of halogens is 3. The molecule has 96 valence electrons. The SMILES string of the molecule is CCOC(=O)Cc1c(I)ccc(C(F)F)c1C#N. The molecule has 3 nitrogen and oxygen atoms in total. The first-order chi connectivity index (χ1) is 8.51. The number of esters is 1. The number of alkyl halides is 2. The van der Waals surface area contributed by atoms with Gasteiger partial charge in [0, 0.05) is 9.13 Å². The minimum Gasteiger partial charge on any atom is -0.466 e. The lowest BCUT2D eigenvalue weighted by atomic mass is 10.00. The normalized spacial score (nSPS) is 10.2. The van der Waals surface area contributed by atoms with Gasteiger partial charge < -0.3 is 4.74 Å². The van der Waals surface area contributed by atoms with E-state index in [0.717, 1.165) is 0 Å². The Hall–Kier alpha value is -1.23. The maximum atomic E-state index is 12.7. The molecule has 0 amide bonds. The van der Waals surface area contributed by atoms with Crippen molar-refractivity contribution in [3.63, 3.8) is 0 Å². The largest absolute Gasteiger partial charge is 0.466 e. The number of carbonyl (C=O) groups excluding carboxylic acids is 1. The van der Waals surface area contributed by atoms with Crippen molar-refractivity contribution in [2.75, 3.05) is 6.61 Å². The summed E-state index contributed by atoms with van der Waals surface area (Å²) in [7, 11) is 0. The molecule has 6 heteroatoms. The van der Waals surface area contributed by atoms with E-state index < -0.39 is 12.4 Å². The predicted octanol–water partition coefficient (Wildman–Crippen LogP) is 3.21. The molecule has 0 bridgehead atoms. The van der Waals surface area contributed by atoms with E-state index in [0.29, 0.717) is 9.13 Å². The van der Waals surface area contributed by atoms with Gasteiger partial charge in [-0.25, -0.2) is 8.78 Å². The van der Waals surface area contributed by atoms with E-state index in [4.69, 9.17) is 10.00 Å². The van der Waals surface area contributed by atoms with Gasteiger partial charge in [0.2, 0.25) is 0 Å². The molecular formula is C12H10F2INO2. The molecule has 0 aliphatic rings. The van der Waals surface area contributed by atoms with Gasteiger partial charge in [-0.15, -0.1) is 0 Å². The van der Waals surface area contributed by atoms with Crippen LogP contribution in [0.2, 0.25) is 0 Å². The van der Waals surface area contributed by atoms with Gasteiger partial charge in [-0.2, -0.15) is 5.26 Å². The van der Waals surface area contributed by atoms with E-state index in [9.17, 15) is 13.6 Å². The third kappa shape index (κ3) is 3.38. The van der Waals surface area contributed by atoms with Crippen molar-refractivity contribution < 1.29 is 18.3 Å². The topological polar surface area (TPSA) is 50.1 Å². The van der Waals surface area contributed by atoms with E-state index >= 15 is 0 Å². The van der Waals surface area contributed by atoms with Crippen LogP contribution < -0.4 is 0 Å². The first-order valence-corrected chi connectivity index (χ1v) is 6.24. The first-order valence-electron chi connectivity index (χ1n) is 5.16. The molecule has 0 spiro atoms. The highest BCUT2D eigenvalue weighted by atomic mass is 127. The van der Waals surface area contributed by atoms with E-state index in [-0.39, 0.29) is 24.2 Å². The lowest BCUT2D eigenvalue weighted by molar-refractivity contribution is -0.142. The Morgan fingerprint density at radius 2 is 2.22 bits per heavy atom. The second kappa shape index (κ2) is 6.64. The molecule has 0 heterocycles. The van der Waals surface area contributed by atoms with Crippen molar-refractivity contribution in [2.24, 2.45) is 0 Å². The zero-order valence-electron chi connectivity index (χ0n) is 9.54. The van der Waals surface area contributed by atoms with Crippen LogP contribution in [-0.4, -0.2) is 12.6 Å². The van der Waals surface area contributed by atoms with Gasteiger partial charge in [0.05, 0.1) is 24.7 Å². The Kier molecular flexibility index (Phi) is 5.47. The van der Waals surface area contributed by atoms with Crippen LogP contribution in [0, 0.1) is 14.9 Å². The summed E-state index contributed by atoms with van der Waals surface area (Å²) in [5.41, 5.74) is -0.184. The highest BCUT2D eigenvalue weighted by Crippen LogP contribution is 2.28. The fourth-order valence-electron chi connectivity index (χ4n) is 1.48. The number of nitrogens with zero attached hydrogens (tertiary/aromatic N) is 1. The standard InChI is InChI=1S/C12H10F2INO2/c1-2-18-11(17)5-8-9(6-16)7(12(13)14)3-4-10(8)15/h3-4,12H,2,5H2,1H3. The second-order valence-corrected chi connectivity index (χ2v) is 4.55. The van der Waals surface area contributed by atoms with Crippen LogP contribution in [0.15, 0.2) is 12.1 Å². The zero-order chi connectivity index (χ0) is 13.7. The van der Waals surface area contributed by atoms with Crippen molar-refractivity contribution in [1.82, 2.24) is 0 Å². The molecule has 0 aliphatic carbocycles. The van der Waals surface area contributed by atoms with Gasteiger partial charge in [0.1, 0.15) is 0 Å². The number of carbonyl (C=O) groups is 1. The van der Waals surface area contributed by atoms with Crippen LogP contribution in [0.3, 0.4) is 0 Å². The maximum absolute atomic E-state index is 12.7. The summed E-state index contributed by atoms with van der Waals surface area (Å²) in [6, 6.07) is 4.42. The molecular weight excluding hydrogens is 355 g/mol. The van der Waals surface area contributed by atoms with Gasteiger partial charge in [-0.3, -0.25) is 4.79 Å². The van der Waals surface area contributed by atoms with Crippen molar-refractivity contribution in [1.29, 1.82) is 5.26 Å². The number of hydrogen-bond donors (Lipinski definition) is 0. The molecule has 0 radical (unpaired) electrons. The Bertz CT molecular complexity index is 498. The average Bonchev–Trinajstić information content (AvgIpc) is 2.31. The molecule has 1 aromatic rings. The summed E-state index contributed by atoms with van der Waals surface area (Å²) in [5, 5.41) is 8.98. The summed E-state index contributed by atoms with van der Waals surface area (Å²) in [6.45, 7) is 1.87. The number of hydrogen-bond acceptors (Lipinski definition) is 3. The Morgan fingerprint density at radius 3 is 2.72 bits per heavy atom. The second-order valence-electron chi connectivity index (χ2n) is 3.38. The molecule has 0 saturated heterocycles. The van der Waals surface area contributed by atoms with Gasteiger partial charge in [-0.1, -0.05) is 6.07 Å². The lowest BCUT2D eigenvalue weighted by Crippen LogP contribution is -2.11. The van der Waals surface area contributed by atoms with Crippen LogP contribution in [-0.2, 0) is 16.0 Å². The smallest absolute Gasteiger partial charge is 0.310 e. The maximum Gasteiger partial charge on any atom is 0.310 e. The summed E-state index contributed by atoms with van der Waals surface area (Å²) < 4.78 is 30.8. The van der Waals surface area contributed by atoms with Gasteiger partial charge >= 0.3 is 5.97 Å². The fourth-order valence-corrected chi connectivity index (χ4v) is 2.12. The Morgan fingerprint density at radius 1 is 1.56 bits per heavy atom. The van der Waals surface area contributed by atoms with Crippen LogP contribution in [0.25, 0.3) is 0 Å². The predicted molar refractivity (Wildman–Crippen MR) is 69.2 cm³/mol. The molecule has 18 heavy (non-hydrogen) atoms. The molecule has 0 saturated carbocycles. The Balaban J connectivity index is 3.21. The molecule has 0 atom stereocenters. The average molecular weight is 365 g/mol. The highest BCUT2D eigenvalue weighted by molar-refractivity contribution is 14.1. The molecule has 0 aliphatic heterocycles. The molecule has 1 aromatic carbocycles. The number of benzene rings is 1. The van der Waals surface area contributed by atoms with Gasteiger partial charge in [-0.05, 0) is 41.1 Å². The number of rotatable bonds is 4. The third-order valence-electron chi connectivity index (χ3n) is 2.26. The molecule has 0 aromatic heterocycles. The van der Waals surface area contributed by atoms with Crippen molar-refractivity contribution in [3.8, 4) is 6.07 Å². The summed E-state index contributed by atoms with van der Waals surface area (Å²) in [6.07, 6.45) is -2.91. The van der Waals surface area contributed by atoms with E-state index in [1.807, 2.05) is 22.6 Å². The monoisotopic (exact) mass is 365 g/mol. The van der Waals surface area contributed by atoms with Gasteiger partial charge in [0.25, 0.3) is 6.43 Å². The minimum atomic E-state index is -2.74. The van der Waals surface area contributed by atoms with E-state index in [1.165, 1.54) is 12.1 Å².